The quantitative estimate of drug-likeness (QED) is 0.201. The summed E-state index contributed by atoms with van der Waals surface area (Å²) in [4.78, 5) is 36.4. The number of hydrazone groups is 1. The number of carbonyl (C=O) groups excluding carboxylic acids is 3. The van der Waals surface area contributed by atoms with E-state index in [1.54, 1.807) is 30.3 Å². The molecule has 2 amide bonds. The fourth-order valence-electron chi connectivity index (χ4n) is 2.82. The van der Waals surface area contributed by atoms with Gasteiger partial charge in [0, 0.05) is 5.56 Å². The zero-order valence-electron chi connectivity index (χ0n) is 18.8. The summed E-state index contributed by atoms with van der Waals surface area (Å²) >= 11 is 11.7. The minimum Gasteiger partial charge on any atom is -0.493 e. The van der Waals surface area contributed by atoms with Crippen LogP contribution < -0.4 is 20.2 Å². The first kappa shape index (κ1) is 25.7. The zero-order chi connectivity index (χ0) is 25.4. The lowest BCUT2D eigenvalue weighted by atomic mass is 10.1. The van der Waals surface area contributed by atoms with Gasteiger partial charge in [0.2, 0.25) is 0 Å². The standard InChI is InChI=1S/C25H21Cl2N3O5/c1-15-3-6-17(7-4-15)25(33)35-21-10-5-16(11-22(21)34-2)13-29-30-23(31)14-28-24(32)18-8-9-19(26)20(27)12-18/h3-13H,14H2,1-2H3,(H,28,32)(H,30,31)/b29-13+. The molecular formula is C25H21Cl2N3O5. The molecule has 0 fully saturated rings. The molecule has 10 heteroatoms. The van der Waals surface area contributed by atoms with Gasteiger partial charge in [-0.25, -0.2) is 10.2 Å². The van der Waals surface area contributed by atoms with E-state index in [2.05, 4.69) is 15.8 Å². The molecule has 3 aromatic carbocycles. The first-order valence-corrected chi connectivity index (χ1v) is 11.0. The van der Waals surface area contributed by atoms with Crippen LogP contribution >= 0.6 is 23.2 Å². The summed E-state index contributed by atoms with van der Waals surface area (Å²) in [6.45, 7) is 1.63. The smallest absolute Gasteiger partial charge is 0.343 e. The maximum atomic E-state index is 12.4. The summed E-state index contributed by atoms with van der Waals surface area (Å²) in [5.41, 5.74) is 4.61. The number of rotatable bonds is 8. The van der Waals surface area contributed by atoms with Crippen LogP contribution in [-0.2, 0) is 4.79 Å². The van der Waals surface area contributed by atoms with E-state index >= 15 is 0 Å². The number of amides is 2. The molecule has 0 heterocycles. The van der Waals surface area contributed by atoms with E-state index in [0.717, 1.165) is 5.56 Å². The largest absolute Gasteiger partial charge is 0.493 e. The van der Waals surface area contributed by atoms with E-state index in [-0.39, 0.29) is 22.9 Å². The van der Waals surface area contributed by atoms with Gasteiger partial charge in [0.05, 0.1) is 35.5 Å². The minimum atomic E-state index is -0.537. The van der Waals surface area contributed by atoms with Gasteiger partial charge >= 0.3 is 5.97 Å². The number of aryl methyl sites for hydroxylation is 1. The molecule has 0 unspecified atom stereocenters. The molecule has 0 spiro atoms. The van der Waals surface area contributed by atoms with E-state index in [1.165, 1.54) is 31.5 Å². The second-order valence-electron chi connectivity index (χ2n) is 7.27. The highest BCUT2D eigenvalue weighted by Gasteiger charge is 2.13. The van der Waals surface area contributed by atoms with Gasteiger partial charge < -0.3 is 14.8 Å². The fourth-order valence-corrected chi connectivity index (χ4v) is 3.11. The van der Waals surface area contributed by atoms with E-state index < -0.39 is 17.8 Å². The highest BCUT2D eigenvalue weighted by Crippen LogP contribution is 2.28. The van der Waals surface area contributed by atoms with Gasteiger partial charge in [-0.15, -0.1) is 0 Å². The number of carbonyl (C=O) groups is 3. The normalized spacial score (nSPS) is 10.6. The molecule has 0 aromatic heterocycles. The number of nitrogens with zero attached hydrogens (tertiary/aromatic N) is 1. The predicted octanol–water partition coefficient (Wildman–Crippen LogP) is 4.41. The van der Waals surface area contributed by atoms with Crippen LogP contribution in [0.4, 0.5) is 0 Å². The molecule has 0 aliphatic carbocycles. The maximum Gasteiger partial charge on any atom is 0.343 e. The monoisotopic (exact) mass is 513 g/mol. The first-order chi connectivity index (χ1) is 16.8. The highest BCUT2D eigenvalue weighted by atomic mass is 35.5. The van der Waals surface area contributed by atoms with Crippen molar-refractivity contribution in [3.63, 3.8) is 0 Å². The molecule has 0 saturated heterocycles. The van der Waals surface area contributed by atoms with Crippen LogP contribution in [0, 0.1) is 6.92 Å². The molecule has 35 heavy (non-hydrogen) atoms. The molecule has 0 aliphatic rings. The van der Waals surface area contributed by atoms with Gasteiger partial charge in [0.15, 0.2) is 11.5 Å². The molecular weight excluding hydrogens is 493 g/mol. The Hall–Kier alpha value is -3.88. The number of halogens is 2. The van der Waals surface area contributed by atoms with E-state index in [1.807, 2.05) is 19.1 Å². The molecule has 0 saturated carbocycles. The molecule has 0 aliphatic heterocycles. The molecule has 3 aromatic rings. The average molecular weight is 514 g/mol. The van der Waals surface area contributed by atoms with Crippen LogP contribution in [-0.4, -0.2) is 37.7 Å². The lowest BCUT2D eigenvalue weighted by molar-refractivity contribution is -0.120. The van der Waals surface area contributed by atoms with Crippen molar-refractivity contribution >= 4 is 47.2 Å². The van der Waals surface area contributed by atoms with Gasteiger partial charge in [-0.2, -0.15) is 5.10 Å². The van der Waals surface area contributed by atoms with Gasteiger partial charge in [0.1, 0.15) is 0 Å². The van der Waals surface area contributed by atoms with E-state index in [9.17, 15) is 14.4 Å². The van der Waals surface area contributed by atoms with Gasteiger partial charge in [-0.1, -0.05) is 40.9 Å². The van der Waals surface area contributed by atoms with Crippen LogP contribution in [0.25, 0.3) is 0 Å². The molecule has 0 radical (unpaired) electrons. The maximum absolute atomic E-state index is 12.4. The Labute approximate surface area is 211 Å². The molecule has 2 N–H and O–H groups in total. The Kier molecular flexibility index (Phi) is 8.83. The molecule has 8 nitrogen and oxygen atoms in total. The lowest BCUT2D eigenvalue weighted by Crippen LogP contribution is -2.34. The number of methoxy groups -OCH3 is 1. The Bertz CT molecular complexity index is 1280. The van der Waals surface area contributed by atoms with Gasteiger partial charge in [0.25, 0.3) is 11.8 Å². The van der Waals surface area contributed by atoms with Gasteiger partial charge in [-0.3, -0.25) is 9.59 Å². The Morgan fingerprint density at radius 3 is 2.31 bits per heavy atom. The fraction of sp³-hybridized carbons (Fsp3) is 0.120. The summed E-state index contributed by atoms with van der Waals surface area (Å²) in [7, 11) is 1.44. The van der Waals surface area contributed by atoms with Crippen molar-refractivity contribution in [2.24, 2.45) is 5.10 Å². The SMILES string of the molecule is COc1cc(/C=N/NC(=O)CNC(=O)c2ccc(Cl)c(Cl)c2)ccc1OC(=O)c1ccc(C)cc1. The summed E-state index contributed by atoms with van der Waals surface area (Å²) in [6.07, 6.45) is 1.38. The number of ether oxygens (including phenoxy) is 2. The lowest BCUT2D eigenvalue weighted by Gasteiger charge is -2.10. The third-order valence-corrected chi connectivity index (χ3v) is 5.41. The van der Waals surface area contributed by atoms with Crippen LogP contribution in [0.2, 0.25) is 10.0 Å². The highest BCUT2D eigenvalue weighted by molar-refractivity contribution is 6.42. The van der Waals surface area contributed by atoms with Crippen molar-refractivity contribution in [3.05, 3.63) is 93.0 Å². The Morgan fingerprint density at radius 1 is 0.914 bits per heavy atom. The molecule has 0 atom stereocenters. The summed E-state index contributed by atoms with van der Waals surface area (Å²) in [5.74, 6) is -0.979. The van der Waals surface area contributed by atoms with Crippen LogP contribution in [0.1, 0.15) is 31.8 Å². The van der Waals surface area contributed by atoms with Crippen LogP contribution in [0.3, 0.4) is 0 Å². The first-order valence-electron chi connectivity index (χ1n) is 10.3. The number of hydrogen-bond donors (Lipinski definition) is 2. The van der Waals surface area contributed by atoms with Gasteiger partial charge in [-0.05, 0) is 61.0 Å². The molecule has 3 rings (SSSR count). The third-order valence-electron chi connectivity index (χ3n) is 4.67. The van der Waals surface area contributed by atoms with Crippen molar-refractivity contribution in [1.29, 1.82) is 0 Å². The van der Waals surface area contributed by atoms with Crippen molar-refractivity contribution < 1.29 is 23.9 Å². The summed E-state index contributed by atoms with van der Waals surface area (Å²) in [6, 6.07) is 16.2. The second-order valence-corrected chi connectivity index (χ2v) is 8.08. The second kappa shape index (κ2) is 12.0. The minimum absolute atomic E-state index is 0.236. The summed E-state index contributed by atoms with van der Waals surface area (Å²) < 4.78 is 10.7. The Morgan fingerprint density at radius 2 is 1.63 bits per heavy atom. The number of esters is 1. The number of benzene rings is 3. The van der Waals surface area contributed by atoms with Crippen molar-refractivity contribution in [1.82, 2.24) is 10.7 Å². The average Bonchev–Trinajstić information content (AvgIpc) is 2.85. The van der Waals surface area contributed by atoms with Crippen molar-refractivity contribution in [3.8, 4) is 11.5 Å². The molecule has 0 bridgehead atoms. The Balaban J connectivity index is 1.54. The third kappa shape index (κ3) is 7.30. The number of nitrogens with one attached hydrogen (secondary N) is 2. The topological polar surface area (TPSA) is 106 Å². The van der Waals surface area contributed by atoms with Crippen molar-refractivity contribution in [2.75, 3.05) is 13.7 Å². The predicted molar refractivity (Wildman–Crippen MR) is 134 cm³/mol. The van der Waals surface area contributed by atoms with E-state index in [0.29, 0.717) is 21.9 Å². The van der Waals surface area contributed by atoms with Crippen molar-refractivity contribution in [2.45, 2.75) is 6.92 Å². The molecule has 180 valence electrons. The van der Waals surface area contributed by atoms with Crippen LogP contribution in [0.15, 0.2) is 65.8 Å². The summed E-state index contributed by atoms with van der Waals surface area (Å²) in [5, 5.41) is 6.88. The zero-order valence-corrected chi connectivity index (χ0v) is 20.3. The number of hydrogen-bond acceptors (Lipinski definition) is 6. The van der Waals surface area contributed by atoms with E-state index in [4.69, 9.17) is 32.7 Å². The van der Waals surface area contributed by atoms with Crippen LogP contribution in [0.5, 0.6) is 11.5 Å².